The second-order valence-electron chi connectivity index (χ2n) is 5.48. The van der Waals surface area contributed by atoms with Gasteiger partial charge in [-0.3, -0.25) is 4.79 Å². The lowest BCUT2D eigenvalue weighted by atomic mass is 9.82. The summed E-state index contributed by atoms with van der Waals surface area (Å²) in [6.45, 7) is 9.25. The SMILES string of the molecule is CCCCC(C)(CC)CNC(=O)c1cc(CC)on1. The number of nitrogens with zero attached hydrogens (tertiary/aromatic N) is 1. The van der Waals surface area contributed by atoms with Gasteiger partial charge in [-0.25, -0.2) is 0 Å². The number of hydrogen-bond acceptors (Lipinski definition) is 3. The van der Waals surface area contributed by atoms with Crippen LogP contribution in [0, 0.1) is 5.41 Å². The first kappa shape index (κ1) is 15.7. The summed E-state index contributed by atoms with van der Waals surface area (Å²) in [5, 5.41) is 6.76. The van der Waals surface area contributed by atoms with Crippen LogP contribution in [0.15, 0.2) is 10.6 Å². The number of rotatable bonds is 8. The van der Waals surface area contributed by atoms with Crippen molar-refractivity contribution in [3.8, 4) is 0 Å². The van der Waals surface area contributed by atoms with Gasteiger partial charge in [0.15, 0.2) is 5.69 Å². The molecule has 1 heterocycles. The summed E-state index contributed by atoms with van der Waals surface area (Å²) >= 11 is 0. The molecule has 0 aliphatic carbocycles. The van der Waals surface area contributed by atoms with Crippen LogP contribution in [0.5, 0.6) is 0 Å². The highest BCUT2D eigenvalue weighted by Gasteiger charge is 2.23. The van der Waals surface area contributed by atoms with Gasteiger partial charge in [-0.2, -0.15) is 0 Å². The Kier molecular flexibility index (Phi) is 6.06. The average Bonchev–Trinajstić information content (AvgIpc) is 2.91. The largest absolute Gasteiger partial charge is 0.361 e. The van der Waals surface area contributed by atoms with E-state index in [2.05, 4.69) is 31.2 Å². The number of carbonyl (C=O) groups is 1. The normalized spacial score (nSPS) is 14.1. The zero-order valence-electron chi connectivity index (χ0n) is 12.6. The van der Waals surface area contributed by atoms with Gasteiger partial charge in [0.1, 0.15) is 5.76 Å². The lowest BCUT2D eigenvalue weighted by Crippen LogP contribution is -2.35. The molecule has 4 nitrogen and oxygen atoms in total. The molecule has 1 amide bonds. The number of carbonyl (C=O) groups excluding carboxylic acids is 1. The van der Waals surface area contributed by atoms with Crippen molar-refractivity contribution in [2.75, 3.05) is 6.54 Å². The van der Waals surface area contributed by atoms with E-state index in [0.717, 1.165) is 25.0 Å². The van der Waals surface area contributed by atoms with Crippen molar-refractivity contribution in [2.24, 2.45) is 5.41 Å². The first-order valence-electron chi connectivity index (χ1n) is 7.28. The molecule has 19 heavy (non-hydrogen) atoms. The van der Waals surface area contributed by atoms with Gasteiger partial charge in [-0.15, -0.1) is 0 Å². The molecule has 0 bridgehead atoms. The Morgan fingerprint density at radius 2 is 2.16 bits per heavy atom. The molecule has 4 heteroatoms. The van der Waals surface area contributed by atoms with Crippen LogP contribution < -0.4 is 5.32 Å². The summed E-state index contributed by atoms with van der Waals surface area (Å²) < 4.78 is 5.05. The van der Waals surface area contributed by atoms with Crippen LogP contribution in [-0.4, -0.2) is 17.6 Å². The van der Waals surface area contributed by atoms with Gasteiger partial charge in [-0.1, -0.05) is 45.7 Å². The molecule has 0 aliphatic rings. The topological polar surface area (TPSA) is 55.1 Å². The summed E-state index contributed by atoms with van der Waals surface area (Å²) in [4.78, 5) is 12.0. The molecule has 0 fully saturated rings. The Morgan fingerprint density at radius 1 is 1.42 bits per heavy atom. The van der Waals surface area contributed by atoms with Gasteiger partial charge in [0.25, 0.3) is 5.91 Å². The van der Waals surface area contributed by atoms with Crippen LogP contribution in [0.3, 0.4) is 0 Å². The predicted molar refractivity (Wildman–Crippen MR) is 76.1 cm³/mol. The van der Waals surface area contributed by atoms with E-state index in [9.17, 15) is 4.79 Å². The van der Waals surface area contributed by atoms with E-state index in [0.29, 0.717) is 12.2 Å². The molecule has 0 saturated heterocycles. The Balaban J connectivity index is 2.52. The van der Waals surface area contributed by atoms with Crippen LogP contribution >= 0.6 is 0 Å². The Labute approximate surface area is 115 Å². The maximum Gasteiger partial charge on any atom is 0.273 e. The van der Waals surface area contributed by atoms with Crippen molar-refractivity contribution in [1.82, 2.24) is 10.5 Å². The molecule has 1 unspecified atom stereocenters. The molecule has 0 saturated carbocycles. The second-order valence-corrected chi connectivity index (χ2v) is 5.48. The van der Waals surface area contributed by atoms with E-state index in [1.54, 1.807) is 6.07 Å². The molecule has 0 aliphatic heterocycles. The second kappa shape index (κ2) is 7.31. The molecular formula is C15H26N2O2. The van der Waals surface area contributed by atoms with Crippen molar-refractivity contribution in [1.29, 1.82) is 0 Å². The van der Waals surface area contributed by atoms with Crippen molar-refractivity contribution in [3.05, 3.63) is 17.5 Å². The Bertz CT molecular complexity index is 401. The van der Waals surface area contributed by atoms with Gasteiger partial charge in [0.05, 0.1) is 0 Å². The average molecular weight is 266 g/mol. The first-order valence-corrected chi connectivity index (χ1v) is 7.28. The lowest BCUT2D eigenvalue weighted by molar-refractivity contribution is 0.0919. The van der Waals surface area contributed by atoms with Crippen molar-refractivity contribution in [3.63, 3.8) is 0 Å². The molecule has 0 aromatic carbocycles. The lowest BCUT2D eigenvalue weighted by Gasteiger charge is -2.28. The summed E-state index contributed by atoms with van der Waals surface area (Å²) in [7, 11) is 0. The Hall–Kier alpha value is -1.32. The summed E-state index contributed by atoms with van der Waals surface area (Å²) in [6.07, 6.45) is 5.34. The third-order valence-corrected chi connectivity index (χ3v) is 3.80. The van der Waals surface area contributed by atoms with Gasteiger partial charge in [0, 0.05) is 19.0 Å². The van der Waals surface area contributed by atoms with Gasteiger partial charge < -0.3 is 9.84 Å². The summed E-state index contributed by atoms with van der Waals surface area (Å²) in [5.74, 6) is 0.606. The zero-order chi connectivity index (χ0) is 14.3. The zero-order valence-corrected chi connectivity index (χ0v) is 12.6. The van der Waals surface area contributed by atoms with Crippen LogP contribution in [0.1, 0.15) is 69.6 Å². The van der Waals surface area contributed by atoms with Gasteiger partial charge in [0.2, 0.25) is 0 Å². The molecule has 1 aromatic rings. The number of amides is 1. The van der Waals surface area contributed by atoms with E-state index in [-0.39, 0.29) is 11.3 Å². The molecular weight excluding hydrogens is 240 g/mol. The highest BCUT2D eigenvalue weighted by molar-refractivity contribution is 5.92. The van der Waals surface area contributed by atoms with Crippen LogP contribution in [0.25, 0.3) is 0 Å². The minimum atomic E-state index is -0.139. The third-order valence-electron chi connectivity index (χ3n) is 3.80. The minimum Gasteiger partial charge on any atom is -0.361 e. The monoisotopic (exact) mass is 266 g/mol. The fraction of sp³-hybridized carbons (Fsp3) is 0.733. The van der Waals surface area contributed by atoms with Gasteiger partial charge >= 0.3 is 0 Å². The molecule has 1 N–H and O–H groups in total. The highest BCUT2D eigenvalue weighted by Crippen LogP contribution is 2.27. The number of nitrogens with one attached hydrogen (secondary N) is 1. The van der Waals surface area contributed by atoms with Crippen molar-refractivity contribution < 1.29 is 9.32 Å². The number of aryl methyl sites for hydroxylation is 1. The minimum absolute atomic E-state index is 0.139. The van der Waals surface area contributed by atoms with E-state index in [4.69, 9.17) is 4.52 Å². The summed E-state index contributed by atoms with van der Waals surface area (Å²) in [5.41, 5.74) is 0.550. The molecule has 0 radical (unpaired) electrons. The smallest absolute Gasteiger partial charge is 0.273 e. The molecule has 1 atom stereocenters. The van der Waals surface area contributed by atoms with E-state index in [1.165, 1.54) is 12.8 Å². The van der Waals surface area contributed by atoms with Crippen LogP contribution in [0.2, 0.25) is 0 Å². The number of hydrogen-bond donors (Lipinski definition) is 1. The van der Waals surface area contributed by atoms with Gasteiger partial charge in [-0.05, 0) is 18.3 Å². The molecule has 108 valence electrons. The maximum atomic E-state index is 12.0. The number of aromatic nitrogens is 1. The quantitative estimate of drug-likeness (QED) is 0.782. The number of unbranched alkanes of at least 4 members (excludes halogenated alkanes) is 1. The maximum absolute atomic E-state index is 12.0. The van der Waals surface area contributed by atoms with E-state index >= 15 is 0 Å². The molecule has 0 spiro atoms. The fourth-order valence-electron chi connectivity index (χ4n) is 1.96. The third kappa shape index (κ3) is 4.69. The fourth-order valence-corrected chi connectivity index (χ4v) is 1.96. The predicted octanol–water partition coefficient (Wildman–Crippen LogP) is 3.57. The van der Waals surface area contributed by atoms with Crippen LogP contribution in [-0.2, 0) is 6.42 Å². The first-order chi connectivity index (χ1) is 9.04. The highest BCUT2D eigenvalue weighted by atomic mass is 16.5. The van der Waals surface area contributed by atoms with E-state index < -0.39 is 0 Å². The molecule has 1 aromatic heterocycles. The standard InChI is InChI=1S/C15H26N2O2/c1-5-8-9-15(4,7-3)11-16-14(18)13-10-12(6-2)19-17-13/h10H,5-9,11H2,1-4H3,(H,16,18). The Morgan fingerprint density at radius 3 is 2.68 bits per heavy atom. The van der Waals surface area contributed by atoms with Crippen LogP contribution in [0.4, 0.5) is 0 Å². The van der Waals surface area contributed by atoms with E-state index in [1.807, 2.05) is 6.92 Å². The van der Waals surface area contributed by atoms with Crippen molar-refractivity contribution >= 4 is 5.91 Å². The molecule has 1 rings (SSSR count). The van der Waals surface area contributed by atoms with Crippen molar-refractivity contribution in [2.45, 2.75) is 59.8 Å². The summed E-state index contributed by atoms with van der Waals surface area (Å²) in [6, 6.07) is 1.71.